The van der Waals surface area contributed by atoms with Crippen molar-refractivity contribution in [2.24, 2.45) is 0 Å². The summed E-state index contributed by atoms with van der Waals surface area (Å²) < 4.78 is 9.89. The Morgan fingerprint density at radius 2 is 2.44 bits per heavy atom. The van der Waals surface area contributed by atoms with E-state index in [1.807, 2.05) is 6.92 Å². The molecular formula is C9H15N3O2S2. The number of esters is 1. The van der Waals surface area contributed by atoms with Gasteiger partial charge in [-0.15, -0.1) is 0 Å². The van der Waals surface area contributed by atoms with Crippen LogP contribution < -0.4 is 5.32 Å². The van der Waals surface area contributed by atoms with Crippen LogP contribution in [0.5, 0.6) is 0 Å². The first kappa shape index (κ1) is 13.4. The van der Waals surface area contributed by atoms with Crippen LogP contribution in [-0.2, 0) is 9.53 Å². The molecule has 0 spiro atoms. The third-order valence-electron chi connectivity index (χ3n) is 1.80. The van der Waals surface area contributed by atoms with Gasteiger partial charge >= 0.3 is 5.97 Å². The van der Waals surface area contributed by atoms with Crippen molar-refractivity contribution in [3.8, 4) is 0 Å². The smallest absolute Gasteiger partial charge is 0.323 e. The molecule has 0 bridgehead atoms. The SMILES string of the molecule is CCOC(=O)C(CSc1nc(C)ns1)NC. The monoisotopic (exact) mass is 261 g/mol. The van der Waals surface area contributed by atoms with E-state index < -0.39 is 0 Å². The second-order valence-corrected chi connectivity index (χ2v) is 5.03. The zero-order valence-corrected chi connectivity index (χ0v) is 11.2. The molecule has 90 valence electrons. The fourth-order valence-corrected chi connectivity index (χ4v) is 2.76. The van der Waals surface area contributed by atoms with E-state index in [9.17, 15) is 4.79 Å². The predicted octanol–water partition coefficient (Wildman–Crippen LogP) is 1.09. The lowest BCUT2D eigenvalue weighted by atomic mass is 10.3. The second kappa shape index (κ2) is 6.82. The fourth-order valence-electron chi connectivity index (χ4n) is 1.00. The van der Waals surface area contributed by atoms with E-state index in [0.29, 0.717) is 12.4 Å². The summed E-state index contributed by atoms with van der Waals surface area (Å²) in [4.78, 5) is 15.7. The van der Waals surface area contributed by atoms with Crippen LogP contribution in [0, 0.1) is 6.92 Å². The number of hydrogen-bond donors (Lipinski definition) is 1. The molecule has 0 radical (unpaired) electrons. The maximum Gasteiger partial charge on any atom is 0.323 e. The molecule has 0 aliphatic carbocycles. The molecule has 0 aromatic carbocycles. The molecule has 1 aromatic heterocycles. The van der Waals surface area contributed by atoms with Crippen molar-refractivity contribution < 1.29 is 9.53 Å². The van der Waals surface area contributed by atoms with Gasteiger partial charge in [-0.3, -0.25) is 4.79 Å². The molecule has 0 saturated heterocycles. The van der Waals surface area contributed by atoms with E-state index in [4.69, 9.17) is 4.74 Å². The highest BCUT2D eigenvalue weighted by Crippen LogP contribution is 2.20. The van der Waals surface area contributed by atoms with Gasteiger partial charge in [0.25, 0.3) is 0 Å². The summed E-state index contributed by atoms with van der Waals surface area (Å²) in [6.07, 6.45) is 0. The first-order chi connectivity index (χ1) is 7.67. The summed E-state index contributed by atoms with van der Waals surface area (Å²) in [5.74, 6) is 1.15. The van der Waals surface area contributed by atoms with Gasteiger partial charge in [0, 0.05) is 5.75 Å². The fraction of sp³-hybridized carbons (Fsp3) is 0.667. The number of nitrogens with one attached hydrogen (secondary N) is 1. The highest BCUT2D eigenvalue weighted by atomic mass is 32.2. The molecule has 16 heavy (non-hydrogen) atoms. The molecule has 1 N–H and O–H groups in total. The summed E-state index contributed by atoms with van der Waals surface area (Å²) in [7, 11) is 1.74. The normalized spacial score (nSPS) is 12.4. The van der Waals surface area contributed by atoms with Crippen LogP contribution in [0.15, 0.2) is 4.34 Å². The average molecular weight is 261 g/mol. The van der Waals surface area contributed by atoms with Crippen LogP contribution in [0.2, 0.25) is 0 Å². The van der Waals surface area contributed by atoms with Crippen molar-refractivity contribution in [1.29, 1.82) is 0 Å². The van der Waals surface area contributed by atoms with E-state index in [-0.39, 0.29) is 12.0 Å². The van der Waals surface area contributed by atoms with Crippen molar-refractivity contribution in [3.05, 3.63) is 5.82 Å². The second-order valence-electron chi connectivity index (χ2n) is 3.01. The third-order valence-corrected chi connectivity index (χ3v) is 3.82. The van der Waals surface area contributed by atoms with Crippen molar-refractivity contribution in [1.82, 2.24) is 14.7 Å². The summed E-state index contributed by atoms with van der Waals surface area (Å²) in [5.41, 5.74) is 0. The largest absolute Gasteiger partial charge is 0.465 e. The molecule has 0 amide bonds. The number of carbonyl (C=O) groups excluding carboxylic acids is 1. The number of thioether (sulfide) groups is 1. The number of likely N-dealkylation sites (N-methyl/N-ethyl adjacent to an activating group) is 1. The zero-order chi connectivity index (χ0) is 12.0. The van der Waals surface area contributed by atoms with Crippen LogP contribution in [0.3, 0.4) is 0 Å². The number of nitrogens with zero attached hydrogens (tertiary/aromatic N) is 2. The van der Waals surface area contributed by atoms with Gasteiger partial charge in [-0.05, 0) is 32.4 Å². The molecule has 7 heteroatoms. The molecule has 0 fully saturated rings. The Labute approximate surface area is 103 Å². The average Bonchev–Trinajstić information content (AvgIpc) is 2.65. The Bertz CT molecular complexity index is 343. The van der Waals surface area contributed by atoms with Gasteiger partial charge in [0.2, 0.25) is 0 Å². The van der Waals surface area contributed by atoms with Gasteiger partial charge in [0.05, 0.1) is 6.61 Å². The lowest BCUT2D eigenvalue weighted by Gasteiger charge is -2.12. The molecule has 0 aliphatic rings. The minimum absolute atomic E-state index is 0.223. The molecule has 1 atom stereocenters. The van der Waals surface area contributed by atoms with E-state index in [2.05, 4.69) is 14.7 Å². The number of carbonyl (C=O) groups is 1. The zero-order valence-electron chi connectivity index (χ0n) is 9.52. The molecule has 0 saturated carbocycles. The minimum atomic E-state index is -0.297. The summed E-state index contributed by atoms with van der Waals surface area (Å²) in [6.45, 7) is 4.05. The third kappa shape index (κ3) is 4.07. The Kier molecular flexibility index (Phi) is 5.72. The van der Waals surface area contributed by atoms with E-state index in [1.54, 1.807) is 14.0 Å². The summed E-state index contributed by atoms with van der Waals surface area (Å²) in [6, 6.07) is -0.297. The van der Waals surface area contributed by atoms with Crippen molar-refractivity contribution in [3.63, 3.8) is 0 Å². The van der Waals surface area contributed by atoms with E-state index in [0.717, 1.165) is 10.2 Å². The summed E-state index contributed by atoms with van der Waals surface area (Å²) in [5, 5.41) is 2.92. The standard InChI is InChI=1S/C9H15N3O2S2/c1-4-14-8(13)7(10-3)5-15-9-11-6(2)12-16-9/h7,10H,4-5H2,1-3H3. The van der Waals surface area contributed by atoms with Gasteiger partial charge in [-0.1, -0.05) is 11.8 Å². The maximum absolute atomic E-state index is 11.5. The van der Waals surface area contributed by atoms with Crippen LogP contribution in [-0.4, -0.2) is 40.8 Å². The number of ether oxygens (including phenoxy) is 1. The molecule has 1 aromatic rings. The predicted molar refractivity (Wildman–Crippen MR) is 64.9 cm³/mol. The van der Waals surface area contributed by atoms with Crippen LogP contribution in [0.25, 0.3) is 0 Å². The van der Waals surface area contributed by atoms with Gasteiger partial charge in [-0.25, -0.2) is 4.98 Å². The molecule has 1 heterocycles. The van der Waals surface area contributed by atoms with Gasteiger partial charge in [0.15, 0.2) is 4.34 Å². The highest BCUT2D eigenvalue weighted by Gasteiger charge is 2.18. The number of hydrogen-bond acceptors (Lipinski definition) is 7. The van der Waals surface area contributed by atoms with Crippen LogP contribution >= 0.6 is 23.3 Å². The quantitative estimate of drug-likeness (QED) is 0.611. The molecular weight excluding hydrogens is 246 g/mol. The molecule has 1 unspecified atom stereocenters. The Morgan fingerprint density at radius 1 is 1.69 bits per heavy atom. The first-order valence-corrected chi connectivity index (χ1v) is 6.70. The topological polar surface area (TPSA) is 64.1 Å². The lowest BCUT2D eigenvalue weighted by Crippen LogP contribution is -2.37. The molecule has 1 rings (SSSR count). The van der Waals surface area contributed by atoms with Crippen molar-refractivity contribution >= 4 is 29.3 Å². The molecule has 5 nitrogen and oxygen atoms in total. The first-order valence-electron chi connectivity index (χ1n) is 4.94. The minimum Gasteiger partial charge on any atom is -0.465 e. The van der Waals surface area contributed by atoms with Gasteiger partial charge in [0.1, 0.15) is 11.9 Å². The van der Waals surface area contributed by atoms with Gasteiger partial charge < -0.3 is 10.1 Å². The molecule has 0 aliphatic heterocycles. The number of aryl methyl sites for hydroxylation is 1. The van der Waals surface area contributed by atoms with E-state index >= 15 is 0 Å². The Balaban J connectivity index is 2.42. The number of rotatable bonds is 6. The lowest BCUT2D eigenvalue weighted by molar-refractivity contribution is -0.144. The van der Waals surface area contributed by atoms with Gasteiger partial charge in [-0.2, -0.15) is 4.37 Å². The van der Waals surface area contributed by atoms with E-state index in [1.165, 1.54) is 23.3 Å². The van der Waals surface area contributed by atoms with Crippen molar-refractivity contribution in [2.75, 3.05) is 19.4 Å². The summed E-state index contributed by atoms with van der Waals surface area (Å²) >= 11 is 2.86. The Hall–Kier alpha value is -0.660. The Morgan fingerprint density at radius 3 is 2.94 bits per heavy atom. The maximum atomic E-state index is 11.5. The number of aromatic nitrogens is 2. The van der Waals surface area contributed by atoms with Crippen LogP contribution in [0.4, 0.5) is 0 Å². The van der Waals surface area contributed by atoms with Crippen LogP contribution in [0.1, 0.15) is 12.7 Å². The van der Waals surface area contributed by atoms with Crippen molar-refractivity contribution in [2.45, 2.75) is 24.2 Å². The highest BCUT2D eigenvalue weighted by molar-refractivity contribution is 8.01.